The summed E-state index contributed by atoms with van der Waals surface area (Å²) in [6.07, 6.45) is 1.30. The number of anilines is 1. The van der Waals surface area contributed by atoms with Crippen LogP contribution in [0.4, 0.5) is 10.5 Å². The number of rotatable bonds is 9. The van der Waals surface area contributed by atoms with Crippen molar-refractivity contribution in [2.24, 2.45) is 0 Å². The monoisotopic (exact) mass is 293 g/mol. The van der Waals surface area contributed by atoms with Crippen LogP contribution in [0.25, 0.3) is 0 Å². The van der Waals surface area contributed by atoms with Gasteiger partial charge in [0.2, 0.25) is 0 Å². The zero-order chi connectivity index (χ0) is 15.5. The first-order chi connectivity index (χ1) is 10.1. The lowest BCUT2D eigenvalue weighted by molar-refractivity contribution is -0.137. The molecule has 0 radical (unpaired) electrons. The van der Waals surface area contributed by atoms with Crippen LogP contribution in [0, 0.1) is 0 Å². The van der Waals surface area contributed by atoms with E-state index in [1.54, 1.807) is 0 Å². The van der Waals surface area contributed by atoms with Crippen molar-refractivity contribution in [1.82, 2.24) is 10.6 Å². The van der Waals surface area contributed by atoms with E-state index in [-0.39, 0.29) is 18.5 Å². The lowest BCUT2D eigenvalue weighted by Crippen LogP contribution is -2.45. The van der Waals surface area contributed by atoms with Crippen molar-refractivity contribution in [2.45, 2.75) is 32.2 Å². The molecule has 0 aromatic heterocycles. The normalized spacial score (nSPS) is 11.5. The number of hydrogen-bond donors (Lipinski definition) is 4. The molecule has 1 rings (SSSR count). The van der Waals surface area contributed by atoms with Gasteiger partial charge in [-0.05, 0) is 25.0 Å². The second-order valence-corrected chi connectivity index (χ2v) is 4.75. The molecule has 6 heteroatoms. The van der Waals surface area contributed by atoms with Crippen molar-refractivity contribution >= 4 is 17.7 Å². The Morgan fingerprint density at radius 1 is 1.24 bits per heavy atom. The molecule has 21 heavy (non-hydrogen) atoms. The molecule has 116 valence electrons. The number of carboxylic acids is 1. The summed E-state index contributed by atoms with van der Waals surface area (Å²) in [7, 11) is 0. The molecular formula is C15H23N3O3. The Bertz CT molecular complexity index is 437. The van der Waals surface area contributed by atoms with E-state index in [0.29, 0.717) is 19.5 Å². The zero-order valence-corrected chi connectivity index (χ0v) is 12.3. The summed E-state index contributed by atoms with van der Waals surface area (Å²) in [6.45, 7) is 3.01. The highest BCUT2D eigenvalue weighted by Gasteiger charge is 2.09. The molecule has 1 aromatic carbocycles. The molecule has 1 unspecified atom stereocenters. The third-order valence-electron chi connectivity index (χ3n) is 3.01. The Labute approximate surface area is 124 Å². The fourth-order valence-corrected chi connectivity index (χ4v) is 1.77. The molecule has 0 spiro atoms. The maximum absolute atomic E-state index is 11.7. The Kier molecular flexibility index (Phi) is 7.71. The van der Waals surface area contributed by atoms with Crippen LogP contribution in [0.5, 0.6) is 0 Å². The van der Waals surface area contributed by atoms with E-state index in [9.17, 15) is 9.59 Å². The standard InChI is InChI=1S/C15H23N3O3/c1-2-12(11-17-13-7-4-3-5-8-13)18-15(21)16-10-6-9-14(19)20/h3-5,7-8,12,17H,2,6,9-11H2,1H3,(H,19,20)(H2,16,18,21). The van der Waals surface area contributed by atoms with Crippen LogP contribution in [-0.2, 0) is 4.79 Å². The smallest absolute Gasteiger partial charge is 0.315 e. The minimum absolute atomic E-state index is 0.0182. The molecular weight excluding hydrogens is 270 g/mol. The molecule has 0 aliphatic heterocycles. The minimum atomic E-state index is -0.851. The van der Waals surface area contributed by atoms with Gasteiger partial charge in [-0.1, -0.05) is 25.1 Å². The van der Waals surface area contributed by atoms with Gasteiger partial charge in [-0.15, -0.1) is 0 Å². The van der Waals surface area contributed by atoms with Crippen molar-refractivity contribution < 1.29 is 14.7 Å². The first kappa shape index (κ1) is 16.8. The number of carboxylic acid groups (broad SMARTS) is 1. The third kappa shape index (κ3) is 7.81. The zero-order valence-electron chi connectivity index (χ0n) is 12.3. The molecule has 0 aliphatic rings. The Balaban J connectivity index is 2.23. The maximum atomic E-state index is 11.7. The van der Waals surface area contributed by atoms with Crippen LogP contribution in [-0.4, -0.2) is 36.2 Å². The van der Waals surface area contributed by atoms with Crippen molar-refractivity contribution in [3.63, 3.8) is 0 Å². The van der Waals surface area contributed by atoms with Crippen LogP contribution < -0.4 is 16.0 Å². The first-order valence-corrected chi connectivity index (χ1v) is 7.17. The molecule has 6 nitrogen and oxygen atoms in total. The number of hydrogen-bond acceptors (Lipinski definition) is 3. The SMILES string of the molecule is CCC(CNc1ccccc1)NC(=O)NCCCC(=O)O. The minimum Gasteiger partial charge on any atom is -0.481 e. The number of urea groups is 1. The van der Waals surface area contributed by atoms with Gasteiger partial charge in [0.05, 0.1) is 0 Å². The van der Waals surface area contributed by atoms with E-state index in [1.165, 1.54) is 0 Å². The van der Waals surface area contributed by atoms with E-state index in [1.807, 2.05) is 37.3 Å². The van der Waals surface area contributed by atoms with Gasteiger partial charge in [-0.2, -0.15) is 0 Å². The second kappa shape index (κ2) is 9.63. The second-order valence-electron chi connectivity index (χ2n) is 4.75. The van der Waals surface area contributed by atoms with Crippen LogP contribution in [0.3, 0.4) is 0 Å². The van der Waals surface area contributed by atoms with Gasteiger partial charge in [-0.3, -0.25) is 4.79 Å². The lowest BCUT2D eigenvalue weighted by atomic mass is 10.2. The van der Waals surface area contributed by atoms with E-state index in [4.69, 9.17) is 5.11 Å². The molecule has 0 saturated heterocycles. The highest BCUT2D eigenvalue weighted by atomic mass is 16.4. The molecule has 1 aromatic rings. The number of carbonyl (C=O) groups excluding carboxylic acids is 1. The number of nitrogens with one attached hydrogen (secondary N) is 3. The van der Waals surface area contributed by atoms with E-state index in [0.717, 1.165) is 12.1 Å². The van der Waals surface area contributed by atoms with Gasteiger partial charge in [-0.25, -0.2) is 4.79 Å². The molecule has 4 N–H and O–H groups in total. The van der Waals surface area contributed by atoms with E-state index in [2.05, 4.69) is 16.0 Å². The predicted molar refractivity (Wildman–Crippen MR) is 82.4 cm³/mol. The van der Waals surface area contributed by atoms with Gasteiger partial charge in [0.1, 0.15) is 0 Å². The summed E-state index contributed by atoms with van der Waals surface area (Å²) in [5, 5.41) is 17.3. The number of amides is 2. The van der Waals surface area contributed by atoms with E-state index < -0.39 is 5.97 Å². The summed E-state index contributed by atoms with van der Waals surface area (Å²) >= 11 is 0. The van der Waals surface area contributed by atoms with Gasteiger partial charge >= 0.3 is 12.0 Å². The number of carbonyl (C=O) groups is 2. The van der Waals surface area contributed by atoms with Gasteiger partial charge in [0, 0.05) is 31.2 Å². The van der Waals surface area contributed by atoms with Crippen LogP contribution in [0.1, 0.15) is 26.2 Å². The highest BCUT2D eigenvalue weighted by molar-refractivity contribution is 5.74. The molecule has 2 amide bonds. The molecule has 0 saturated carbocycles. The van der Waals surface area contributed by atoms with Crippen molar-refractivity contribution in [2.75, 3.05) is 18.4 Å². The fourth-order valence-electron chi connectivity index (χ4n) is 1.77. The average molecular weight is 293 g/mol. The molecule has 1 atom stereocenters. The maximum Gasteiger partial charge on any atom is 0.315 e. The Hall–Kier alpha value is -2.24. The van der Waals surface area contributed by atoms with Crippen molar-refractivity contribution in [3.8, 4) is 0 Å². The number of benzene rings is 1. The lowest BCUT2D eigenvalue weighted by Gasteiger charge is -2.18. The third-order valence-corrected chi connectivity index (χ3v) is 3.01. The summed E-state index contributed by atoms with van der Waals surface area (Å²) in [5.74, 6) is -0.851. The summed E-state index contributed by atoms with van der Waals surface area (Å²) < 4.78 is 0. The van der Waals surface area contributed by atoms with Gasteiger partial charge < -0.3 is 21.1 Å². The molecule has 0 heterocycles. The number of para-hydroxylation sites is 1. The average Bonchev–Trinajstić information content (AvgIpc) is 2.48. The molecule has 0 fully saturated rings. The van der Waals surface area contributed by atoms with Crippen molar-refractivity contribution in [3.05, 3.63) is 30.3 Å². The Morgan fingerprint density at radius 2 is 1.95 bits per heavy atom. The molecule has 0 aliphatic carbocycles. The van der Waals surface area contributed by atoms with E-state index >= 15 is 0 Å². The molecule has 0 bridgehead atoms. The predicted octanol–water partition coefficient (Wildman–Crippen LogP) is 2.04. The summed E-state index contributed by atoms with van der Waals surface area (Å²) in [5.41, 5.74) is 1.01. The summed E-state index contributed by atoms with van der Waals surface area (Å²) in [6, 6.07) is 9.55. The Morgan fingerprint density at radius 3 is 2.57 bits per heavy atom. The number of aliphatic carboxylic acids is 1. The first-order valence-electron chi connectivity index (χ1n) is 7.17. The van der Waals surface area contributed by atoms with Crippen LogP contribution in [0.15, 0.2) is 30.3 Å². The quantitative estimate of drug-likeness (QED) is 0.524. The van der Waals surface area contributed by atoms with Crippen LogP contribution in [0.2, 0.25) is 0 Å². The van der Waals surface area contributed by atoms with Crippen molar-refractivity contribution in [1.29, 1.82) is 0 Å². The summed E-state index contributed by atoms with van der Waals surface area (Å²) in [4.78, 5) is 22.0. The topological polar surface area (TPSA) is 90.5 Å². The fraction of sp³-hybridized carbons (Fsp3) is 0.467. The largest absolute Gasteiger partial charge is 0.481 e. The highest BCUT2D eigenvalue weighted by Crippen LogP contribution is 2.05. The van der Waals surface area contributed by atoms with Gasteiger partial charge in [0.15, 0.2) is 0 Å². The van der Waals surface area contributed by atoms with Gasteiger partial charge in [0.25, 0.3) is 0 Å². The van der Waals surface area contributed by atoms with Crippen LogP contribution >= 0.6 is 0 Å².